The Morgan fingerprint density at radius 2 is 1.38 bits per heavy atom. The van der Waals surface area contributed by atoms with Gasteiger partial charge in [-0.1, -0.05) is 24.3 Å². The van der Waals surface area contributed by atoms with Crippen LogP contribution in [-0.4, -0.2) is 23.9 Å². The van der Waals surface area contributed by atoms with Gasteiger partial charge in [-0.05, 0) is 79.3 Å². The van der Waals surface area contributed by atoms with Crippen LogP contribution in [0.1, 0.15) is 23.1 Å². The number of fused-ring (bicyclic) bond motifs is 1. The maximum atomic E-state index is 13.0. The lowest BCUT2D eigenvalue weighted by Crippen LogP contribution is -2.16. The molecule has 9 heteroatoms. The largest absolute Gasteiger partial charge is 0.495 e. The summed E-state index contributed by atoms with van der Waals surface area (Å²) in [5.41, 5.74) is 3.31. The first-order valence-corrected chi connectivity index (χ1v) is 13.1. The van der Waals surface area contributed by atoms with Crippen molar-refractivity contribution in [1.82, 2.24) is 0 Å². The van der Waals surface area contributed by atoms with Crippen LogP contribution in [0.5, 0.6) is 5.75 Å². The summed E-state index contributed by atoms with van der Waals surface area (Å²) in [5.74, 6) is 0.376. The smallest absolute Gasteiger partial charge is 0.262 e. The van der Waals surface area contributed by atoms with Gasteiger partial charge in [0.05, 0.1) is 28.3 Å². The van der Waals surface area contributed by atoms with E-state index in [1.165, 1.54) is 24.8 Å². The predicted octanol–water partition coefficient (Wildman–Crippen LogP) is 4.09. The highest BCUT2D eigenvalue weighted by Gasteiger charge is 2.22. The van der Waals surface area contributed by atoms with E-state index in [9.17, 15) is 16.8 Å². The van der Waals surface area contributed by atoms with Crippen molar-refractivity contribution in [2.24, 2.45) is 0 Å². The third-order valence-electron chi connectivity index (χ3n) is 5.50. The van der Waals surface area contributed by atoms with Crippen LogP contribution in [0.15, 0.2) is 70.5 Å². The summed E-state index contributed by atoms with van der Waals surface area (Å²) in [5, 5.41) is 0. The molecule has 1 aliphatic carbocycles. The van der Waals surface area contributed by atoms with Gasteiger partial charge in [0.1, 0.15) is 5.75 Å². The molecule has 2 N–H and O–H groups in total. The number of benzene rings is 3. The molecule has 0 saturated carbocycles. The van der Waals surface area contributed by atoms with E-state index in [4.69, 9.17) is 4.74 Å². The summed E-state index contributed by atoms with van der Waals surface area (Å²) >= 11 is 0. The monoisotopic (exact) mass is 472 g/mol. The van der Waals surface area contributed by atoms with Gasteiger partial charge in [-0.2, -0.15) is 0 Å². The number of sulfonamides is 2. The van der Waals surface area contributed by atoms with Crippen LogP contribution in [0.25, 0.3) is 0 Å². The van der Waals surface area contributed by atoms with Crippen molar-refractivity contribution < 1.29 is 21.6 Å². The standard InChI is InChI=1S/C23H24N2O5S2/c1-16-10-12-20(32(28,29)24-21-8-3-4-9-23(21)30-2)15-22(16)25-31(26,27)19-13-11-17-6-5-7-18(17)14-19/h3-4,8-15,24-25H,5-7H2,1-2H3. The lowest BCUT2D eigenvalue weighted by atomic mass is 10.1. The van der Waals surface area contributed by atoms with E-state index in [1.54, 1.807) is 49.4 Å². The fourth-order valence-corrected chi connectivity index (χ4v) is 6.00. The molecule has 0 bridgehead atoms. The van der Waals surface area contributed by atoms with Crippen molar-refractivity contribution in [2.45, 2.75) is 36.0 Å². The highest BCUT2D eigenvalue weighted by Crippen LogP contribution is 2.30. The van der Waals surface area contributed by atoms with Crippen LogP contribution in [0.4, 0.5) is 11.4 Å². The second-order valence-electron chi connectivity index (χ2n) is 7.67. The Bertz CT molecular complexity index is 1380. The minimum atomic E-state index is -3.98. The molecule has 0 radical (unpaired) electrons. The van der Waals surface area contributed by atoms with E-state index >= 15 is 0 Å². The summed E-state index contributed by atoms with van der Waals surface area (Å²) in [6.45, 7) is 1.71. The first kappa shape index (κ1) is 22.2. The number of aryl methyl sites for hydroxylation is 3. The molecule has 3 aromatic carbocycles. The lowest BCUT2D eigenvalue weighted by Gasteiger charge is -2.15. The minimum Gasteiger partial charge on any atom is -0.495 e. The van der Waals surface area contributed by atoms with Gasteiger partial charge in [0, 0.05) is 0 Å². The highest BCUT2D eigenvalue weighted by atomic mass is 32.2. The maximum absolute atomic E-state index is 13.0. The lowest BCUT2D eigenvalue weighted by molar-refractivity contribution is 0.417. The van der Waals surface area contributed by atoms with E-state index in [0.29, 0.717) is 11.3 Å². The van der Waals surface area contributed by atoms with Crippen LogP contribution < -0.4 is 14.2 Å². The van der Waals surface area contributed by atoms with Crippen LogP contribution in [-0.2, 0) is 32.9 Å². The summed E-state index contributed by atoms with van der Waals surface area (Å²) in [6.07, 6.45) is 2.84. The van der Waals surface area contributed by atoms with Crippen molar-refractivity contribution >= 4 is 31.4 Å². The Balaban J connectivity index is 1.64. The van der Waals surface area contributed by atoms with Gasteiger partial charge in [-0.15, -0.1) is 0 Å². The Kier molecular flexibility index (Phi) is 5.87. The third kappa shape index (κ3) is 4.44. The van der Waals surface area contributed by atoms with E-state index in [1.807, 2.05) is 6.07 Å². The topological polar surface area (TPSA) is 102 Å². The molecule has 0 amide bonds. The van der Waals surface area contributed by atoms with Crippen LogP contribution in [0.2, 0.25) is 0 Å². The van der Waals surface area contributed by atoms with Gasteiger partial charge in [0.15, 0.2) is 0 Å². The average molecular weight is 473 g/mol. The van der Waals surface area contributed by atoms with Crippen molar-refractivity contribution in [3.63, 3.8) is 0 Å². The van der Waals surface area contributed by atoms with Gasteiger partial charge in [-0.25, -0.2) is 16.8 Å². The second-order valence-corrected chi connectivity index (χ2v) is 11.0. The molecular weight excluding hydrogens is 448 g/mol. The maximum Gasteiger partial charge on any atom is 0.262 e. The summed E-state index contributed by atoms with van der Waals surface area (Å²) in [4.78, 5) is 0.0959. The molecule has 168 valence electrons. The van der Waals surface area contributed by atoms with Gasteiger partial charge >= 0.3 is 0 Å². The number of para-hydroxylation sites is 2. The molecule has 0 saturated heterocycles. The first-order valence-electron chi connectivity index (χ1n) is 10.1. The fourth-order valence-electron chi connectivity index (χ4n) is 3.73. The zero-order valence-electron chi connectivity index (χ0n) is 17.8. The Labute approximate surface area is 188 Å². The molecule has 7 nitrogen and oxygen atoms in total. The molecule has 0 aliphatic heterocycles. The molecule has 3 aromatic rings. The molecule has 0 aromatic heterocycles. The number of ether oxygens (including phenoxy) is 1. The van der Waals surface area contributed by atoms with E-state index < -0.39 is 20.0 Å². The van der Waals surface area contributed by atoms with Crippen LogP contribution in [0, 0.1) is 6.92 Å². The Morgan fingerprint density at radius 3 is 2.12 bits per heavy atom. The molecule has 0 heterocycles. The predicted molar refractivity (Wildman–Crippen MR) is 124 cm³/mol. The molecule has 0 fully saturated rings. The van der Waals surface area contributed by atoms with Crippen molar-refractivity contribution in [1.29, 1.82) is 0 Å². The molecule has 4 rings (SSSR count). The number of hydrogen-bond acceptors (Lipinski definition) is 5. The Hall–Kier alpha value is -3.04. The summed E-state index contributed by atoms with van der Waals surface area (Å²) in [6, 6.07) is 16.1. The molecule has 32 heavy (non-hydrogen) atoms. The fraction of sp³-hybridized carbons (Fsp3) is 0.217. The molecule has 0 spiro atoms. The SMILES string of the molecule is COc1ccccc1NS(=O)(=O)c1ccc(C)c(NS(=O)(=O)c2ccc3c(c2)CCC3)c1. The van der Waals surface area contributed by atoms with Gasteiger partial charge < -0.3 is 4.74 Å². The normalized spacial score (nSPS) is 13.4. The molecule has 1 aliphatic rings. The van der Waals surface area contributed by atoms with Crippen LogP contribution in [0.3, 0.4) is 0 Å². The quantitative estimate of drug-likeness (QED) is 0.539. The number of rotatable bonds is 7. The minimum absolute atomic E-state index is 0.0688. The van der Waals surface area contributed by atoms with Crippen molar-refractivity contribution in [2.75, 3.05) is 16.6 Å². The summed E-state index contributed by atoms with van der Waals surface area (Å²) in [7, 11) is -6.40. The summed E-state index contributed by atoms with van der Waals surface area (Å²) < 4.78 is 62.1. The zero-order chi connectivity index (χ0) is 22.9. The number of hydrogen-bond donors (Lipinski definition) is 2. The number of anilines is 2. The van der Waals surface area contributed by atoms with Gasteiger partial charge in [-0.3, -0.25) is 9.44 Å². The number of methoxy groups -OCH3 is 1. The first-order chi connectivity index (χ1) is 15.2. The van der Waals surface area contributed by atoms with E-state index in [2.05, 4.69) is 9.44 Å². The van der Waals surface area contributed by atoms with Crippen molar-refractivity contribution in [3.8, 4) is 5.75 Å². The average Bonchev–Trinajstić information content (AvgIpc) is 3.23. The highest BCUT2D eigenvalue weighted by molar-refractivity contribution is 7.93. The molecule has 0 atom stereocenters. The number of nitrogens with one attached hydrogen (secondary N) is 2. The van der Waals surface area contributed by atoms with Crippen LogP contribution >= 0.6 is 0 Å². The third-order valence-corrected chi connectivity index (χ3v) is 8.22. The Morgan fingerprint density at radius 1 is 0.750 bits per heavy atom. The second kappa shape index (κ2) is 8.48. The zero-order valence-corrected chi connectivity index (χ0v) is 19.4. The van der Waals surface area contributed by atoms with Crippen molar-refractivity contribution in [3.05, 3.63) is 77.4 Å². The molecular formula is C23H24N2O5S2. The van der Waals surface area contributed by atoms with E-state index in [-0.39, 0.29) is 21.2 Å². The van der Waals surface area contributed by atoms with E-state index in [0.717, 1.165) is 24.8 Å². The van der Waals surface area contributed by atoms with Gasteiger partial charge in [0.25, 0.3) is 20.0 Å². The molecule has 0 unspecified atom stereocenters. The van der Waals surface area contributed by atoms with Gasteiger partial charge in [0.2, 0.25) is 0 Å².